The monoisotopic (exact) mass is 209 g/mol. The van der Waals surface area contributed by atoms with Gasteiger partial charge in [0.25, 0.3) is 0 Å². The first-order valence-corrected chi connectivity index (χ1v) is 4.79. The second kappa shape index (κ2) is 3.53. The molecule has 0 radical (unpaired) electrons. The summed E-state index contributed by atoms with van der Waals surface area (Å²) >= 11 is 0. The number of fused-ring (bicyclic) bond motifs is 1. The quantitative estimate of drug-likeness (QED) is 0.656. The van der Waals surface area contributed by atoms with E-state index in [-0.39, 0.29) is 11.9 Å². The van der Waals surface area contributed by atoms with Crippen LogP contribution in [-0.2, 0) is 11.2 Å². The molecule has 0 spiro atoms. The smallest absolute Gasteiger partial charge is 0.414 e. The van der Waals surface area contributed by atoms with Crippen molar-refractivity contribution in [2.75, 3.05) is 12.0 Å². The summed E-state index contributed by atoms with van der Waals surface area (Å²) in [4.78, 5) is 13.0. The lowest BCUT2D eigenvalue weighted by Gasteiger charge is -2.20. The molecule has 1 heterocycles. The summed E-state index contributed by atoms with van der Waals surface area (Å²) in [7, 11) is 1.34. The largest absolute Gasteiger partial charge is 0.452 e. The van der Waals surface area contributed by atoms with E-state index < -0.39 is 6.09 Å². The Hall–Kier alpha value is -1.58. The van der Waals surface area contributed by atoms with Crippen LogP contribution in [0.4, 0.5) is 14.9 Å². The van der Waals surface area contributed by atoms with Gasteiger partial charge in [0, 0.05) is 6.04 Å². The third-order valence-corrected chi connectivity index (χ3v) is 2.63. The fraction of sp³-hybridized carbons (Fsp3) is 0.364. The second-order valence-corrected chi connectivity index (χ2v) is 3.67. The zero-order valence-electron chi connectivity index (χ0n) is 8.66. The summed E-state index contributed by atoms with van der Waals surface area (Å²) in [5.74, 6) is -0.271. The molecular formula is C11H12FNO2. The fourth-order valence-electron chi connectivity index (χ4n) is 1.98. The van der Waals surface area contributed by atoms with Gasteiger partial charge in [-0.3, -0.25) is 4.90 Å². The SMILES string of the molecule is COC(=O)N1c2ccc(F)cc2C[C@@H]1C. The van der Waals surface area contributed by atoms with Crippen molar-refractivity contribution in [3.63, 3.8) is 0 Å². The Bertz CT molecular complexity index is 406. The molecule has 0 N–H and O–H groups in total. The van der Waals surface area contributed by atoms with E-state index >= 15 is 0 Å². The molecule has 1 aliphatic rings. The van der Waals surface area contributed by atoms with Crippen molar-refractivity contribution in [3.05, 3.63) is 29.6 Å². The fourth-order valence-corrected chi connectivity index (χ4v) is 1.98. The van der Waals surface area contributed by atoms with Crippen LogP contribution in [-0.4, -0.2) is 19.2 Å². The Balaban J connectivity index is 2.41. The third-order valence-electron chi connectivity index (χ3n) is 2.63. The molecule has 0 saturated heterocycles. The van der Waals surface area contributed by atoms with E-state index in [1.165, 1.54) is 19.2 Å². The number of benzene rings is 1. The van der Waals surface area contributed by atoms with Gasteiger partial charge in [-0.05, 0) is 37.1 Å². The molecule has 4 heteroatoms. The first-order valence-electron chi connectivity index (χ1n) is 4.79. The molecule has 1 atom stereocenters. The average molecular weight is 209 g/mol. The number of hydrogen-bond donors (Lipinski definition) is 0. The first kappa shape index (κ1) is 9.96. The molecule has 3 nitrogen and oxygen atoms in total. The highest BCUT2D eigenvalue weighted by atomic mass is 19.1. The molecule has 1 aromatic carbocycles. The van der Waals surface area contributed by atoms with Gasteiger partial charge in [0.15, 0.2) is 0 Å². The van der Waals surface area contributed by atoms with E-state index in [2.05, 4.69) is 4.74 Å². The molecule has 2 rings (SSSR count). The standard InChI is InChI=1S/C11H12FNO2/c1-7-5-8-6-9(12)3-4-10(8)13(7)11(14)15-2/h3-4,6-7H,5H2,1-2H3/t7-/m0/s1. The van der Waals surface area contributed by atoms with Gasteiger partial charge in [0.2, 0.25) is 0 Å². The van der Waals surface area contributed by atoms with Crippen molar-refractivity contribution in [1.82, 2.24) is 0 Å². The molecule has 0 aliphatic carbocycles. The lowest BCUT2D eigenvalue weighted by molar-refractivity contribution is 0.177. The zero-order chi connectivity index (χ0) is 11.0. The third kappa shape index (κ3) is 1.56. The van der Waals surface area contributed by atoms with Crippen LogP contribution >= 0.6 is 0 Å². The van der Waals surface area contributed by atoms with Crippen LogP contribution in [0.1, 0.15) is 12.5 Å². The number of rotatable bonds is 0. The molecule has 15 heavy (non-hydrogen) atoms. The van der Waals surface area contributed by atoms with Crippen molar-refractivity contribution in [2.24, 2.45) is 0 Å². The number of hydrogen-bond acceptors (Lipinski definition) is 2. The average Bonchev–Trinajstić information content (AvgIpc) is 2.52. The highest BCUT2D eigenvalue weighted by Crippen LogP contribution is 2.32. The topological polar surface area (TPSA) is 29.5 Å². The maximum Gasteiger partial charge on any atom is 0.414 e. The molecule has 1 aromatic rings. The van der Waals surface area contributed by atoms with Crippen LogP contribution in [0.5, 0.6) is 0 Å². The maximum absolute atomic E-state index is 13.0. The van der Waals surface area contributed by atoms with Crippen LogP contribution < -0.4 is 4.90 Å². The Labute approximate surface area is 87.5 Å². The number of amides is 1. The van der Waals surface area contributed by atoms with Crippen molar-refractivity contribution >= 4 is 11.8 Å². The zero-order valence-corrected chi connectivity index (χ0v) is 8.66. The van der Waals surface area contributed by atoms with E-state index in [9.17, 15) is 9.18 Å². The minimum Gasteiger partial charge on any atom is -0.452 e. The van der Waals surface area contributed by atoms with E-state index in [1.807, 2.05) is 6.92 Å². The highest BCUT2D eigenvalue weighted by Gasteiger charge is 2.31. The lowest BCUT2D eigenvalue weighted by Crippen LogP contribution is -2.35. The van der Waals surface area contributed by atoms with Gasteiger partial charge in [-0.2, -0.15) is 0 Å². The van der Waals surface area contributed by atoms with Crippen molar-refractivity contribution in [1.29, 1.82) is 0 Å². The minimum absolute atomic E-state index is 0.0225. The number of carbonyl (C=O) groups excluding carboxylic acids is 1. The van der Waals surface area contributed by atoms with Crippen molar-refractivity contribution in [2.45, 2.75) is 19.4 Å². The Morgan fingerprint density at radius 1 is 1.60 bits per heavy atom. The Kier molecular flexibility index (Phi) is 2.34. The lowest BCUT2D eigenvalue weighted by atomic mass is 10.1. The minimum atomic E-state index is -0.396. The summed E-state index contributed by atoms with van der Waals surface area (Å²) in [5, 5.41) is 0. The van der Waals surface area contributed by atoms with Crippen molar-refractivity contribution < 1.29 is 13.9 Å². The number of carbonyl (C=O) groups is 1. The van der Waals surface area contributed by atoms with E-state index in [0.29, 0.717) is 6.42 Å². The van der Waals surface area contributed by atoms with Crippen LogP contribution in [0.2, 0.25) is 0 Å². The Morgan fingerprint density at radius 2 is 2.33 bits per heavy atom. The van der Waals surface area contributed by atoms with Crippen LogP contribution in [0.15, 0.2) is 18.2 Å². The summed E-state index contributed by atoms with van der Waals surface area (Å²) < 4.78 is 17.6. The van der Waals surface area contributed by atoms with Crippen molar-refractivity contribution in [3.8, 4) is 0 Å². The molecule has 0 bridgehead atoms. The molecule has 1 amide bonds. The van der Waals surface area contributed by atoms with Gasteiger partial charge >= 0.3 is 6.09 Å². The van der Waals surface area contributed by atoms with Gasteiger partial charge in [0.1, 0.15) is 5.82 Å². The van der Waals surface area contributed by atoms with Gasteiger partial charge in [0.05, 0.1) is 12.8 Å². The summed E-state index contributed by atoms with van der Waals surface area (Å²) in [6.07, 6.45) is 0.273. The van der Waals surface area contributed by atoms with Crippen LogP contribution in [0.3, 0.4) is 0 Å². The van der Waals surface area contributed by atoms with E-state index in [0.717, 1.165) is 11.3 Å². The van der Waals surface area contributed by atoms with Crippen LogP contribution in [0.25, 0.3) is 0 Å². The summed E-state index contributed by atoms with van der Waals surface area (Å²) in [5.41, 5.74) is 1.60. The molecular weight excluding hydrogens is 197 g/mol. The highest BCUT2D eigenvalue weighted by molar-refractivity contribution is 5.91. The van der Waals surface area contributed by atoms with Gasteiger partial charge in [-0.25, -0.2) is 9.18 Å². The van der Waals surface area contributed by atoms with Gasteiger partial charge in [-0.1, -0.05) is 0 Å². The number of ether oxygens (including phenoxy) is 1. The van der Waals surface area contributed by atoms with E-state index in [4.69, 9.17) is 0 Å². The molecule has 1 aliphatic heterocycles. The molecule has 80 valence electrons. The maximum atomic E-state index is 13.0. The summed E-state index contributed by atoms with van der Waals surface area (Å²) in [6, 6.07) is 4.46. The van der Waals surface area contributed by atoms with Crippen LogP contribution in [0, 0.1) is 5.82 Å². The molecule has 0 fully saturated rings. The summed E-state index contributed by atoms with van der Waals surface area (Å²) in [6.45, 7) is 1.91. The number of anilines is 1. The van der Waals surface area contributed by atoms with E-state index in [1.54, 1.807) is 11.0 Å². The molecule has 0 unspecified atom stereocenters. The predicted molar refractivity (Wildman–Crippen MR) is 54.5 cm³/mol. The number of nitrogens with zero attached hydrogens (tertiary/aromatic N) is 1. The van der Waals surface area contributed by atoms with Gasteiger partial charge < -0.3 is 4.74 Å². The number of methoxy groups -OCH3 is 1. The molecule has 0 saturated carbocycles. The molecule has 0 aromatic heterocycles. The van der Waals surface area contributed by atoms with Gasteiger partial charge in [-0.15, -0.1) is 0 Å². The number of halogens is 1. The Morgan fingerprint density at radius 3 is 3.00 bits per heavy atom. The second-order valence-electron chi connectivity index (χ2n) is 3.67. The normalized spacial score (nSPS) is 18.9. The first-order chi connectivity index (χ1) is 7.13. The predicted octanol–water partition coefficient (Wildman–Crippen LogP) is 2.34.